The Morgan fingerprint density at radius 3 is 2.41 bits per heavy atom. The minimum Gasteiger partial charge on any atom is -0.350 e. The first-order valence-corrected chi connectivity index (χ1v) is 9.60. The number of rotatable bonds is 5. The van der Waals surface area contributed by atoms with Crippen molar-refractivity contribution in [2.24, 2.45) is 0 Å². The van der Waals surface area contributed by atoms with E-state index in [0.717, 1.165) is 15.4 Å². The van der Waals surface area contributed by atoms with Crippen molar-refractivity contribution in [3.05, 3.63) is 65.9 Å². The molecule has 0 aliphatic rings. The molecule has 0 aliphatic heterocycles. The van der Waals surface area contributed by atoms with Crippen LogP contribution >= 0.6 is 0 Å². The molecular formula is C19H19N3O4S. The van der Waals surface area contributed by atoms with Gasteiger partial charge in [-0.1, -0.05) is 47.1 Å². The third kappa shape index (κ3) is 3.91. The quantitative estimate of drug-likeness (QED) is 0.728. The van der Waals surface area contributed by atoms with Crippen molar-refractivity contribution in [1.82, 2.24) is 9.46 Å². The number of carbonyl (C=O) groups is 1. The van der Waals surface area contributed by atoms with Gasteiger partial charge in [0.1, 0.15) is 10.6 Å². The molecule has 0 saturated heterocycles. The van der Waals surface area contributed by atoms with Crippen LogP contribution in [-0.2, 0) is 10.0 Å². The summed E-state index contributed by atoms with van der Waals surface area (Å²) in [5, 5.41) is 6.50. The van der Waals surface area contributed by atoms with Crippen LogP contribution in [0, 0.1) is 6.92 Å². The normalized spacial score (nSPS) is 11.6. The van der Waals surface area contributed by atoms with Crippen LogP contribution in [-0.4, -0.2) is 37.9 Å². The van der Waals surface area contributed by atoms with Gasteiger partial charge in [0.2, 0.25) is 15.8 Å². The summed E-state index contributed by atoms with van der Waals surface area (Å²) in [6.07, 6.45) is 0. The van der Waals surface area contributed by atoms with Gasteiger partial charge in [-0.05, 0) is 19.1 Å². The van der Waals surface area contributed by atoms with E-state index in [0.29, 0.717) is 5.69 Å². The minimum absolute atomic E-state index is 0.00150. The largest absolute Gasteiger partial charge is 0.350 e. The maximum Gasteiger partial charge on any atom is 0.294 e. The van der Waals surface area contributed by atoms with Crippen LogP contribution in [0.25, 0.3) is 11.3 Å². The third-order valence-corrected chi connectivity index (χ3v) is 5.85. The van der Waals surface area contributed by atoms with Gasteiger partial charge >= 0.3 is 0 Å². The summed E-state index contributed by atoms with van der Waals surface area (Å²) in [4.78, 5) is 12.5. The highest BCUT2D eigenvalue weighted by atomic mass is 32.2. The fraction of sp³-hybridized carbons (Fsp3) is 0.158. The number of nitrogens with zero attached hydrogens (tertiary/aromatic N) is 2. The third-order valence-electron chi connectivity index (χ3n) is 3.98. The minimum atomic E-state index is -3.70. The number of hydrogen-bond acceptors (Lipinski definition) is 5. The van der Waals surface area contributed by atoms with Crippen LogP contribution in [0.15, 0.2) is 64.0 Å². The first kappa shape index (κ1) is 18.8. The first-order chi connectivity index (χ1) is 12.8. The van der Waals surface area contributed by atoms with Gasteiger partial charge < -0.3 is 9.84 Å². The molecule has 0 atom stereocenters. The average Bonchev–Trinajstić information content (AvgIpc) is 3.13. The van der Waals surface area contributed by atoms with Crippen molar-refractivity contribution in [3.63, 3.8) is 0 Å². The molecule has 0 spiro atoms. The highest BCUT2D eigenvalue weighted by Gasteiger charge is 2.23. The summed E-state index contributed by atoms with van der Waals surface area (Å²) in [7, 11) is -0.847. The van der Waals surface area contributed by atoms with Gasteiger partial charge in [0.05, 0.1) is 5.69 Å². The van der Waals surface area contributed by atoms with E-state index in [-0.39, 0.29) is 16.3 Å². The summed E-state index contributed by atoms with van der Waals surface area (Å²) in [5.74, 6) is -0.593. The molecule has 0 bridgehead atoms. The molecule has 2 aromatic carbocycles. The van der Waals surface area contributed by atoms with Gasteiger partial charge in [-0.15, -0.1) is 0 Å². The maximum absolute atomic E-state index is 12.5. The van der Waals surface area contributed by atoms with E-state index < -0.39 is 15.9 Å². The monoisotopic (exact) mass is 385 g/mol. The molecule has 3 rings (SSSR count). The first-order valence-electron chi connectivity index (χ1n) is 8.15. The molecule has 7 nitrogen and oxygen atoms in total. The molecule has 0 unspecified atom stereocenters. The number of anilines is 1. The summed E-state index contributed by atoms with van der Waals surface area (Å²) in [6, 6.07) is 15.3. The molecule has 1 N–H and O–H groups in total. The number of sulfonamides is 1. The van der Waals surface area contributed by atoms with E-state index in [2.05, 4.69) is 10.5 Å². The molecule has 27 heavy (non-hydrogen) atoms. The second-order valence-corrected chi connectivity index (χ2v) is 8.30. The van der Waals surface area contributed by atoms with Crippen LogP contribution in [0.3, 0.4) is 0 Å². The Morgan fingerprint density at radius 1 is 1.07 bits per heavy atom. The van der Waals surface area contributed by atoms with Gasteiger partial charge in [0, 0.05) is 25.7 Å². The second-order valence-electron chi connectivity index (χ2n) is 6.18. The lowest BCUT2D eigenvalue weighted by Gasteiger charge is -2.15. The molecule has 140 valence electrons. The van der Waals surface area contributed by atoms with Crippen molar-refractivity contribution in [2.45, 2.75) is 11.8 Å². The lowest BCUT2D eigenvalue weighted by atomic mass is 10.1. The van der Waals surface area contributed by atoms with Crippen molar-refractivity contribution >= 4 is 21.6 Å². The van der Waals surface area contributed by atoms with Gasteiger partial charge in [-0.2, -0.15) is 0 Å². The molecular weight excluding hydrogens is 366 g/mol. The van der Waals surface area contributed by atoms with Crippen molar-refractivity contribution < 1.29 is 17.7 Å². The predicted octanol–water partition coefficient (Wildman–Crippen LogP) is 3.15. The van der Waals surface area contributed by atoms with Gasteiger partial charge in [0.15, 0.2) is 0 Å². The molecule has 8 heteroatoms. The van der Waals surface area contributed by atoms with E-state index in [1.54, 1.807) is 12.1 Å². The molecule has 0 aliphatic carbocycles. The Balaban J connectivity index is 1.86. The molecule has 1 aromatic heterocycles. The van der Waals surface area contributed by atoms with Crippen LogP contribution in [0.2, 0.25) is 0 Å². The summed E-state index contributed by atoms with van der Waals surface area (Å²) < 4.78 is 31.1. The van der Waals surface area contributed by atoms with Gasteiger partial charge in [-0.25, -0.2) is 12.7 Å². The Morgan fingerprint density at radius 2 is 1.74 bits per heavy atom. The van der Waals surface area contributed by atoms with Crippen molar-refractivity contribution in [1.29, 1.82) is 0 Å². The maximum atomic E-state index is 12.5. The number of hydrogen-bond donors (Lipinski definition) is 1. The van der Waals surface area contributed by atoms with Gasteiger partial charge in [-0.3, -0.25) is 4.79 Å². The van der Waals surface area contributed by atoms with Crippen molar-refractivity contribution in [3.8, 4) is 11.3 Å². The SMILES string of the molecule is Cc1ccc(-c2cc(C(=O)Nc3ccccc3S(=O)(=O)N(C)C)on2)cc1. The molecule has 0 fully saturated rings. The standard InChI is InChI=1S/C19H19N3O4S/c1-13-8-10-14(11-9-13)16-12-17(26-21-16)19(23)20-15-6-4-5-7-18(15)27(24,25)22(2)3/h4-12H,1-3H3,(H,20,23). The van der Waals surface area contributed by atoms with E-state index in [9.17, 15) is 13.2 Å². The van der Waals surface area contributed by atoms with E-state index >= 15 is 0 Å². The molecule has 0 radical (unpaired) electrons. The van der Waals surface area contributed by atoms with Crippen LogP contribution < -0.4 is 5.32 Å². The second kappa shape index (κ2) is 7.34. The number of benzene rings is 2. The summed E-state index contributed by atoms with van der Waals surface area (Å²) in [5.41, 5.74) is 2.62. The van der Waals surface area contributed by atoms with E-state index in [1.165, 1.54) is 32.3 Å². The molecule has 3 aromatic rings. The average molecular weight is 385 g/mol. The Bertz CT molecular complexity index is 1070. The zero-order valence-corrected chi connectivity index (χ0v) is 15.9. The lowest BCUT2D eigenvalue weighted by Crippen LogP contribution is -2.24. The van der Waals surface area contributed by atoms with Crippen LogP contribution in [0.4, 0.5) is 5.69 Å². The fourth-order valence-electron chi connectivity index (χ4n) is 2.42. The number of nitrogens with one attached hydrogen (secondary N) is 1. The number of para-hydroxylation sites is 1. The highest BCUT2D eigenvalue weighted by molar-refractivity contribution is 7.89. The van der Waals surface area contributed by atoms with Crippen LogP contribution in [0.5, 0.6) is 0 Å². The number of amides is 1. The predicted molar refractivity (Wildman–Crippen MR) is 102 cm³/mol. The molecule has 0 saturated carbocycles. The van der Waals surface area contributed by atoms with E-state index in [4.69, 9.17) is 4.52 Å². The number of carbonyl (C=O) groups excluding carboxylic acids is 1. The zero-order chi connectivity index (χ0) is 19.6. The summed E-state index contributed by atoms with van der Waals surface area (Å²) >= 11 is 0. The van der Waals surface area contributed by atoms with Crippen LogP contribution in [0.1, 0.15) is 16.1 Å². The smallest absolute Gasteiger partial charge is 0.294 e. The Kier molecular flexibility index (Phi) is 5.11. The number of aromatic nitrogens is 1. The highest BCUT2D eigenvalue weighted by Crippen LogP contribution is 2.25. The fourth-order valence-corrected chi connectivity index (χ4v) is 3.46. The van der Waals surface area contributed by atoms with Gasteiger partial charge in [0.25, 0.3) is 5.91 Å². The topological polar surface area (TPSA) is 92.5 Å². The van der Waals surface area contributed by atoms with Crippen molar-refractivity contribution in [2.75, 3.05) is 19.4 Å². The summed E-state index contributed by atoms with van der Waals surface area (Å²) in [6.45, 7) is 1.98. The zero-order valence-electron chi connectivity index (χ0n) is 15.1. The molecule has 1 amide bonds. The number of aryl methyl sites for hydroxylation is 1. The Hall–Kier alpha value is -2.97. The lowest BCUT2D eigenvalue weighted by molar-refractivity contribution is 0.0987. The Labute approximate surface area is 157 Å². The van der Waals surface area contributed by atoms with E-state index in [1.807, 2.05) is 31.2 Å². The molecule has 1 heterocycles.